The minimum Gasteiger partial charge on any atom is -0.480 e. The van der Waals surface area contributed by atoms with Crippen LogP contribution in [-0.2, 0) is 14.3 Å². The Morgan fingerprint density at radius 2 is 1.75 bits per heavy atom. The number of hydrogen-bond acceptors (Lipinski definition) is 4. The summed E-state index contributed by atoms with van der Waals surface area (Å²) in [5, 5.41) is 8.95. The fourth-order valence-corrected chi connectivity index (χ4v) is 1.99. The number of aliphatic carboxylic acids is 1. The summed E-state index contributed by atoms with van der Waals surface area (Å²) >= 11 is 0. The maximum atomic E-state index is 10.9. The maximum Gasteiger partial charge on any atom is 0.320 e. The highest BCUT2D eigenvalue weighted by Gasteiger charge is 2.37. The third-order valence-corrected chi connectivity index (χ3v) is 2.91. The molecule has 1 rings (SSSR count). The molecule has 0 radical (unpaired) electrons. The summed E-state index contributed by atoms with van der Waals surface area (Å²) in [7, 11) is 0. The lowest BCUT2D eigenvalue weighted by molar-refractivity contribution is -0.142. The molecule has 0 amide bonds. The van der Waals surface area contributed by atoms with E-state index in [0.29, 0.717) is 26.3 Å². The normalized spacial score (nSPS) is 28.2. The number of rotatable bonds is 6. The van der Waals surface area contributed by atoms with Gasteiger partial charge in [-0.1, -0.05) is 0 Å². The molecule has 1 aliphatic rings. The Labute approximate surface area is 96.3 Å². The number of carbonyl (C=O) groups is 1. The lowest BCUT2D eigenvalue weighted by Crippen LogP contribution is -2.38. The van der Waals surface area contributed by atoms with Crippen molar-refractivity contribution < 1.29 is 19.4 Å². The molecule has 1 N–H and O–H groups in total. The second kappa shape index (κ2) is 6.18. The quantitative estimate of drug-likeness (QED) is 0.725. The van der Waals surface area contributed by atoms with Crippen LogP contribution in [0.15, 0.2) is 0 Å². The van der Waals surface area contributed by atoms with Crippen LogP contribution < -0.4 is 0 Å². The van der Waals surface area contributed by atoms with E-state index in [0.717, 1.165) is 0 Å². The molecule has 0 aromatic heterocycles. The Hall–Kier alpha value is -0.650. The zero-order chi connectivity index (χ0) is 12.1. The van der Waals surface area contributed by atoms with Gasteiger partial charge in [0, 0.05) is 26.3 Å². The van der Waals surface area contributed by atoms with Crippen molar-refractivity contribution in [3.05, 3.63) is 0 Å². The van der Waals surface area contributed by atoms with Crippen LogP contribution in [0.4, 0.5) is 0 Å². The highest BCUT2D eigenvalue weighted by molar-refractivity contribution is 5.72. The number of hydrogen-bond donors (Lipinski definition) is 1. The number of carboxylic acid groups (broad SMARTS) is 1. The van der Waals surface area contributed by atoms with E-state index in [1.807, 2.05) is 18.7 Å². The number of likely N-dealkylation sites (tertiary alicyclic amines) is 1. The minimum atomic E-state index is -0.799. The molecule has 0 saturated carbocycles. The van der Waals surface area contributed by atoms with Gasteiger partial charge in [0.1, 0.15) is 6.04 Å². The molecule has 0 aromatic carbocycles. The van der Waals surface area contributed by atoms with Gasteiger partial charge in [-0.2, -0.15) is 0 Å². The molecule has 5 heteroatoms. The highest BCUT2D eigenvalue weighted by atomic mass is 16.5. The molecular weight excluding hydrogens is 210 g/mol. The SMILES string of the molecule is CCO[C@H]1CN([C@H](C)C(=O)O)C[C@H]1OCC. The molecule has 3 atom stereocenters. The van der Waals surface area contributed by atoms with Crippen LogP contribution in [-0.4, -0.2) is 60.5 Å². The Bertz CT molecular complexity index is 220. The molecule has 0 aliphatic carbocycles. The van der Waals surface area contributed by atoms with Crippen molar-refractivity contribution in [3.8, 4) is 0 Å². The summed E-state index contributed by atoms with van der Waals surface area (Å²) in [6.07, 6.45) is -0.0153. The summed E-state index contributed by atoms with van der Waals surface area (Å²) in [5.74, 6) is -0.799. The van der Waals surface area contributed by atoms with Gasteiger partial charge >= 0.3 is 5.97 Å². The molecule has 1 heterocycles. The van der Waals surface area contributed by atoms with E-state index in [1.165, 1.54) is 0 Å². The molecule has 0 bridgehead atoms. The number of carboxylic acids is 1. The van der Waals surface area contributed by atoms with Crippen molar-refractivity contribution in [1.29, 1.82) is 0 Å². The molecule has 94 valence electrons. The standard InChI is InChI=1S/C11H21NO4/c1-4-15-9-6-12(8(3)11(13)14)7-10(9)16-5-2/h8-10H,4-7H2,1-3H3,(H,13,14)/t8-,9-,10+/m1/s1. The van der Waals surface area contributed by atoms with Crippen LogP contribution in [0.5, 0.6) is 0 Å². The van der Waals surface area contributed by atoms with Gasteiger partial charge in [0.2, 0.25) is 0 Å². The third-order valence-electron chi connectivity index (χ3n) is 2.91. The Kier molecular flexibility index (Phi) is 5.18. The molecule has 1 aliphatic heterocycles. The zero-order valence-electron chi connectivity index (χ0n) is 10.2. The fraction of sp³-hybridized carbons (Fsp3) is 0.909. The molecule has 0 spiro atoms. The summed E-state index contributed by atoms with van der Waals surface area (Å²) in [6, 6.07) is -0.478. The second-order valence-corrected chi connectivity index (χ2v) is 3.96. The average Bonchev–Trinajstić information content (AvgIpc) is 2.62. The summed E-state index contributed by atoms with van der Waals surface area (Å²) < 4.78 is 11.1. The van der Waals surface area contributed by atoms with Crippen molar-refractivity contribution in [3.63, 3.8) is 0 Å². The van der Waals surface area contributed by atoms with Crippen LogP contribution in [0, 0.1) is 0 Å². The summed E-state index contributed by atoms with van der Waals surface area (Å²) in [6.45, 7) is 8.09. The van der Waals surface area contributed by atoms with E-state index in [2.05, 4.69) is 0 Å². The van der Waals surface area contributed by atoms with Crippen molar-refractivity contribution in [2.45, 2.75) is 39.0 Å². The van der Waals surface area contributed by atoms with E-state index < -0.39 is 12.0 Å². The average molecular weight is 231 g/mol. The predicted molar refractivity (Wildman–Crippen MR) is 59.5 cm³/mol. The first-order chi connectivity index (χ1) is 7.60. The maximum absolute atomic E-state index is 10.9. The van der Waals surface area contributed by atoms with Crippen molar-refractivity contribution >= 4 is 5.97 Å². The van der Waals surface area contributed by atoms with Crippen LogP contribution in [0.25, 0.3) is 0 Å². The van der Waals surface area contributed by atoms with Crippen LogP contribution in [0.3, 0.4) is 0 Å². The molecule has 1 saturated heterocycles. The molecule has 0 unspecified atom stereocenters. The van der Waals surface area contributed by atoms with Crippen LogP contribution in [0.2, 0.25) is 0 Å². The van der Waals surface area contributed by atoms with Gasteiger partial charge in [0.25, 0.3) is 0 Å². The summed E-state index contributed by atoms with van der Waals surface area (Å²) in [5.41, 5.74) is 0. The van der Waals surface area contributed by atoms with Crippen LogP contribution >= 0.6 is 0 Å². The number of nitrogens with zero attached hydrogens (tertiary/aromatic N) is 1. The Morgan fingerprint density at radius 3 is 2.06 bits per heavy atom. The predicted octanol–water partition coefficient (Wildman–Crippen LogP) is 0.585. The molecule has 0 aromatic rings. The smallest absolute Gasteiger partial charge is 0.320 e. The third kappa shape index (κ3) is 3.17. The minimum absolute atomic E-state index is 0.00764. The van der Waals surface area contributed by atoms with E-state index in [4.69, 9.17) is 14.6 Å². The highest BCUT2D eigenvalue weighted by Crippen LogP contribution is 2.19. The van der Waals surface area contributed by atoms with Crippen LogP contribution in [0.1, 0.15) is 20.8 Å². The van der Waals surface area contributed by atoms with Gasteiger partial charge in [0.05, 0.1) is 12.2 Å². The van der Waals surface area contributed by atoms with E-state index in [-0.39, 0.29) is 12.2 Å². The number of ether oxygens (including phenoxy) is 2. The van der Waals surface area contributed by atoms with E-state index >= 15 is 0 Å². The lowest BCUT2D eigenvalue weighted by atomic mass is 10.2. The van der Waals surface area contributed by atoms with Gasteiger partial charge in [0.15, 0.2) is 0 Å². The molecular formula is C11H21NO4. The second-order valence-electron chi connectivity index (χ2n) is 3.96. The molecule has 1 fully saturated rings. The summed E-state index contributed by atoms with van der Waals surface area (Å²) in [4.78, 5) is 12.8. The van der Waals surface area contributed by atoms with Gasteiger partial charge in [-0.3, -0.25) is 9.69 Å². The van der Waals surface area contributed by atoms with E-state index in [1.54, 1.807) is 6.92 Å². The first-order valence-corrected chi connectivity index (χ1v) is 5.80. The topological polar surface area (TPSA) is 59.0 Å². The molecule has 5 nitrogen and oxygen atoms in total. The van der Waals surface area contributed by atoms with Gasteiger partial charge < -0.3 is 14.6 Å². The van der Waals surface area contributed by atoms with Gasteiger partial charge in [-0.25, -0.2) is 0 Å². The lowest BCUT2D eigenvalue weighted by Gasteiger charge is -2.19. The Morgan fingerprint density at radius 1 is 1.31 bits per heavy atom. The zero-order valence-corrected chi connectivity index (χ0v) is 10.2. The monoisotopic (exact) mass is 231 g/mol. The van der Waals surface area contributed by atoms with Gasteiger partial charge in [-0.15, -0.1) is 0 Å². The van der Waals surface area contributed by atoms with Crippen molar-refractivity contribution in [2.75, 3.05) is 26.3 Å². The van der Waals surface area contributed by atoms with Crippen molar-refractivity contribution in [1.82, 2.24) is 4.90 Å². The Balaban J connectivity index is 2.56. The fourth-order valence-electron chi connectivity index (χ4n) is 1.99. The molecule has 16 heavy (non-hydrogen) atoms. The van der Waals surface area contributed by atoms with Gasteiger partial charge in [-0.05, 0) is 20.8 Å². The largest absolute Gasteiger partial charge is 0.480 e. The van der Waals surface area contributed by atoms with E-state index in [9.17, 15) is 4.79 Å². The first kappa shape index (κ1) is 13.4. The van der Waals surface area contributed by atoms with Crippen molar-refractivity contribution in [2.24, 2.45) is 0 Å². The first-order valence-electron chi connectivity index (χ1n) is 5.80.